The Labute approximate surface area is 193 Å². The Bertz CT molecular complexity index is 1190. The number of rotatable bonds is 6. The molecule has 0 spiro atoms. The predicted molar refractivity (Wildman–Crippen MR) is 123 cm³/mol. The van der Waals surface area contributed by atoms with Crippen LogP contribution in [0.1, 0.15) is 12.5 Å². The van der Waals surface area contributed by atoms with Crippen molar-refractivity contribution in [3.05, 3.63) is 64.1 Å². The molecule has 1 amide bonds. The lowest BCUT2D eigenvalue weighted by Gasteiger charge is -2.14. The largest absolute Gasteiger partial charge is 0.484 e. The van der Waals surface area contributed by atoms with Crippen LogP contribution in [-0.2, 0) is 14.6 Å². The zero-order valence-electron chi connectivity index (χ0n) is 16.3. The Morgan fingerprint density at radius 3 is 2.55 bits per heavy atom. The van der Waals surface area contributed by atoms with Gasteiger partial charge in [0, 0.05) is 21.1 Å². The molecule has 1 fully saturated rings. The van der Waals surface area contributed by atoms with Crippen molar-refractivity contribution in [3.8, 4) is 17.0 Å². The van der Waals surface area contributed by atoms with E-state index in [1.807, 2.05) is 24.3 Å². The molecular formula is C21H19BrClN3O4S. The molecule has 7 nitrogen and oxygen atoms in total. The highest BCUT2D eigenvalue weighted by molar-refractivity contribution is 9.10. The normalized spacial score (nSPS) is 17.4. The molecule has 0 aliphatic carbocycles. The number of sulfone groups is 1. The number of hydrogen-bond acceptors (Lipinski definition) is 5. The van der Waals surface area contributed by atoms with Crippen LogP contribution in [0.25, 0.3) is 11.3 Å². The van der Waals surface area contributed by atoms with Crippen molar-refractivity contribution in [1.82, 2.24) is 9.78 Å². The highest BCUT2D eigenvalue weighted by Gasteiger charge is 2.31. The summed E-state index contributed by atoms with van der Waals surface area (Å²) in [5.74, 6) is 0.723. The molecule has 0 bridgehead atoms. The van der Waals surface area contributed by atoms with Crippen molar-refractivity contribution in [3.63, 3.8) is 0 Å². The van der Waals surface area contributed by atoms with Gasteiger partial charge < -0.3 is 10.1 Å². The quantitative estimate of drug-likeness (QED) is 0.518. The summed E-state index contributed by atoms with van der Waals surface area (Å²) in [7, 11) is -3.12. The van der Waals surface area contributed by atoms with Crippen LogP contribution >= 0.6 is 27.5 Å². The second kappa shape index (κ2) is 9.02. The van der Waals surface area contributed by atoms with E-state index >= 15 is 0 Å². The average Bonchev–Trinajstić information content (AvgIpc) is 3.31. The van der Waals surface area contributed by atoms with Crippen LogP contribution in [-0.4, -0.2) is 42.2 Å². The van der Waals surface area contributed by atoms with Crippen molar-refractivity contribution in [2.24, 2.45) is 0 Å². The van der Waals surface area contributed by atoms with Gasteiger partial charge in [-0.1, -0.05) is 39.7 Å². The fourth-order valence-corrected chi connectivity index (χ4v) is 5.44. The zero-order valence-corrected chi connectivity index (χ0v) is 19.5. The summed E-state index contributed by atoms with van der Waals surface area (Å²) in [4.78, 5) is 12.5. The molecule has 1 saturated heterocycles. The van der Waals surface area contributed by atoms with Gasteiger partial charge in [-0.3, -0.25) is 4.79 Å². The van der Waals surface area contributed by atoms with E-state index in [4.69, 9.17) is 16.3 Å². The molecule has 1 N–H and O–H groups in total. The van der Waals surface area contributed by atoms with Crippen molar-refractivity contribution < 1.29 is 17.9 Å². The van der Waals surface area contributed by atoms with Gasteiger partial charge in [-0.15, -0.1) is 0 Å². The predicted octanol–water partition coefficient (Wildman–Crippen LogP) is 4.34. The molecule has 2 heterocycles. The number of carbonyl (C=O) groups is 1. The van der Waals surface area contributed by atoms with Gasteiger partial charge >= 0.3 is 0 Å². The molecule has 1 unspecified atom stereocenters. The van der Waals surface area contributed by atoms with Crippen LogP contribution in [0.2, 0.25) is 5.02 Å². The monoisotopic (exact) mass is 523 g/mol. The minimum atomic E-state index is -3.12. The summed E-state index contributed by atoms with van der Waals surface area (Å²) in [6.07, 6.45) is 0.447. The Hall–Kier alpha value is -2.36. The maximum atomic E-state index is 12.5. The molecule has 1 aromatic heterocycles. The number of amides is 1. The Morgan fingerprint density at radius 1 is 1.19 bits per heavy atom. The summed E-state index contributed by atoms with van der Waals surface area (Å²) < 4.78 is 32.0. The van der Waals surface area contributed by atoms with Crippen LogP contribution in [0.5, 0.6) is 5.75 Å². The number of hydrogen-bond donors (Lipinski definition) is 1. The van der Waals surface area contributed by atoms with E-state index in [0.29, 0.717) is 28.7 Å². The summed E-state index contributed by atoms with van der Waals surface area (Å²) in [5, 5.41) is 7.99. The maximum Gasteiger partial charge on any atom is 0.263 e. The lowest BCUT2D eigenvalue weighted by atomic mass is 10.1. The van der Waals surface area contributed by atoms with E-state index in [9.17, 15) is 13.2 Å². The molecule has 1 atom stereocenters. The maximum absolute atomic E-state index is 12.5. The van der Waals surface area contributed by atoms with Gasteiger partial charge in [0.1, 0.15) is 11.6 Å². The van der Waals surface area contributed by atoms with E-state index in [1.54, 1.807) is 35.0 Å². The summed E-state index contributed by atoms with van der Waals surface area (Å²) in [6, 6.07) is 15.7. The summed E-state index contributed by atoms with van der Waals surface area (Å²) in [5.41, 5.74) is 1.43. The fraction of sp³-hybridized carbons (Fsp3) is 0.238. The molecule has 0 radical (unpaired) electrons. The molecule has 162 valence electrons. The zero-order chi connectivity index (χ0) is 22.0. The molecular weight excluding hydrogens is 506 g/mol. The minimum absolute atomic E-state index is 0.00694. The molecule has 2 aromatic carbocycles. The van der Waals surface area contributed by atoms with Gasteiger partial charge in [0.05, 0.1) is 23.2 Å². The molecule has 1 aliphatic rings. The van der Waals surface area contributed by atoms with E-state index in [1.165, 1.54) is 0 Å². The first-order chi connectivity index (χ1) is 14.8. The Kier molecular flexibility index (Phi) is 6.36. The average molecular weight is 525 g/mol. The second-order valence-corrected chi connectivity index (χ2v) is 10.8. The van der Waals surface area contributed by atoms with Crippen LogP contribution < -0.4 is 10.1 Å². The lowest BCUT2D eigenvalue weighted by molar-refractivity contribution is -0.118. The number of anilines is 1. The van der Waals surface area contributed by atoms with Crippen molar-refractivity contribution in [1.29, 1.82) is 0 Å². The Morgan fingerprint density at radius 2 is 1.90 bits per heavy atom. The van der Waals surface area contributed by atoms with Crippen molar-refractivity contribution in [2.45, 2.75) is 12.5 Å². The number of halogens is 2. The van der Waals surface area contributed by atoms with Crippen LogP contribution in [0.15, 0.2) is 59.1 Å². The van der Waals surface area contributed by atoms with Gasteiger partial charge in [0.2, 0.25) is 0 Å². The van der Waals surface area contributed by atoms with Crippen LogP contribution in [0, 0.1) is 0 Å². The molecule has 10 heteroatoms. The van der Waals surface area contributed by atoms with E-state index in [-0.39, 0.29) is 30.1 Å². The van der Waals surface area contributed by atoms with Gasteiger partial charge in [0.15, 0.2) is 16.4 Å². The number of nitrogens with zero attached hydrogens (tertiary/aromatic N) is 2. The van der Waals surface area contributed by atoms with Crippen molar-refractivity contribution >= 4 is 49.1 Å². The lowest BCUT2D eigenvalue weighted by Crippen LogP contribution is -2.23. The summed E-state index contributed by atoms with van der Waals surface area (Å²) >= 11 is 9.32. The first kappa shape index (κ1) is 21.9. The fourth-order valence-electron chi connectivity index (χ4n) is 3.35. The highest BCUT2D eigenvalue weighted by atomic mass is 79.9. The first-order valence-electron chi connectivity index (χ1n) is 9.53. The number of benzene rings is 2. The number of ether oxygens (including phenoxy) is 1. The topological polar surface area (TPSA) is 90.3 Å². The number of aromatic nitrogens is 2. The van der Waals surface area contributed by atoms with Gasteiger partial charge in [0.25, 0.3) is 5.91 Å². The van der Waals surface area contributed by atoms with Gasteiger partial charge in [-0.25, -0.2) is 13.1 Å². The van der Waals surface area contributed by atoms with Gasteiger partial charge in [-0.05, 0) is 42.8 Å². The van der Waals surface area contributed by atoms with E-state index in [2.05, 4.69) is 26.3 Å². The van der Waals surface area contributed by atoms with Crippen LogP contribution in [0.4, 0.5) is 5.82 Å². The molecule has 31 heavy (non-hydrogen) atoms. The van der Waals surface area contributed by atoms with Crippen molar-refractivity contribution in [2.75, 3.05) is 23.4 Å². The molecule has 1 aliphatic heterocycles. The molecule has 0 saturated carbocycles. The molecule has 4 rings (SSSR count). The second-order valence-electron chi connectivity index (χ2n) is 7.21. The third-order valence-corrected chi connectivity index (χ3v) is 7.41. The summed E-state index contributed by atoms with van der Waals surface area (Å²) in [6.45, 7) is -0.188. The Balaban J connectivity index is 1.55. The minimum Gasteiger partial charge on any atom is -0.484 e. The third-order valence-electron chi connectivity index (χ3n) is 4.88. The third kappa shape index (κ3) is 5.47. The van der Waals surface area contributed by atoms with E-state index < -0.39 is 9.84 Å². The highest BCUT2D eigenvalue weighted by Crippen LogP contribution is 2.30. The first-order valence-corrected chi connectivity index (χ1v) is 12.5. The van der Waals surface area contributed by atoms with E-state index in [0.717, 1.165) is 10.0 Å². The standard InChI is InChI=1S/C21H19BrClN3O4S/c22-15-3-7-18(8-4-15)30-12-21(27)24-20-11-19(14-1-5-16(23)6-2-14)25-26(20)17-9-10-31(28,29)13-17/h1-8,11,17H,9-10,12-13H2,(H,24,27). The smallest absolute Gasteiger partial charge is 0.263 e. The molecule has 3 aromatic rings. The van der Waals surface area contributed by atoms with Crippen LogP contribution in [0.3, 0.4) is 0 Å². The SMILES string of the molecule is O=C(COc1ccc(Br)cc1)Nc1cc(-c2ccc(Cl)cc2)nn1C1CCS(=O)(=O)C1. The number of nitrogens with one attached hydrogen (secondary N) is 1. The number of carbonyl (C=O) groups excluding carboxylic acids is 1. The van der Waals surface area contributed by atoms with Gasteiger partial charge in [-0.2, -0.15) is 5.10 Å².